The maximum Gasteiger partial charge on any atom is 0.225 e. The maximum absolute atomic E-state index is 11.2. The van der Waals surface area contributed by atoms with Gasteiger partial charge in [0, 0.05) is 10.8 Å². The number of thiophene rings is 1. The molecule has 6 heteroatoms. The Morgan fingerprint density at radius 3 is 3.06 bits per heavy atom. The molecule has 1 atom stereocenters. The number of hydrogen-bond acceptors (Lipinski definition) is 4. The Kier molecular flexibility index (Phi) is 2.81. The summed E-state index contributed by atoms with van der Waals surface area (Å²) in [5.41, 5.74) is 1.20. The minimum atomic E-state index is -0.245. The quantitative estimate of drug-likeness (QED) is 0.597. The van der Waals surface area contributed by atoms with E-state index in [2.05, 4.69) is 9.97 Å². The molecule has 0 aromatic carbocycles. The molecule has 2 aromatic heterocycles. The molecule has 0 saturated heterocycles. The molecule has 0 N–H and O–H groups in total. The van der Waals surface area contributed by atoms with E-state index in [0.29, 0.717) is 11.6 Å². The zero-order valence-corrected chi connectivity index (χ0v) is 11.1. The van der Waals surface area contributed by atoms with Gasteiger partial charge in [0.25, 0.3) is 0 Å². The fourth-order valence-electron chi connectivity index (χ4n) is 2.27. The molecule has 3 nitrogen and oxygen atoms in total. The number of carbonyl (C=O) groups excluding carboxylic acids is 1. The first-order valence-corrected chi connectivity index (χ1v) is 6.84. The monoisotopic (exact) mass is 286 g/mol. The Labute approximate surface area is 112 Å². The first kappa shape index (κ1) is 11.4. The van der Waals surface area contributed by atoms with Crippen molar-refractivity contribution in [2.45, 2.75) is 19.3 Å². The van der Waals surface area contributed by atoms with E-state index in [1.54, 1.807) is 11.3 Å². The largest absolute Gasteiger partial charge is 0.281 e. The average Bonchev–Trinajstić information content (AvgIpc) is 2.67. The van der Waals surface area contributed by atoms with Crippen LogP contribution in [0.2, 0.25) is 5.15 Å². The fourth-order valence-corrected chi connectivity index (χ4v) is 4.02. The van der Waals surface area contributed by atoms with Crippen molar-refractivity contribution in [2.75, 3.05) is 0 Å². The lowest BCUT2D eigenvalue weighted by atomic mass is 9.89. The maximum atomic E-state index is 11.2. The smallest absolute Gasteiger partial charge is 0.225 e. The number of aromatic nitrogens is 2. The molecule has 0 unspecified atom stereocenters. The molecule has 2 heterocycles. The van der Waals surface area contributed by atoms with Crippen LogP contribution in [0.15, 0.2) is 6.33 Å². The number of nitrogens with zero attached hydrogens (tertiary/aromatic N) is 2. The van der Waals surface area contributed by atoms with E-state index >= 15 is 0 Å². The molecule has 0 fully saturated rings. The van der Waals surface area contributed by atoms with Crippen molar-refractivity contribution in [1.29, 1.82) is 0 Å². The highest BCUT2D eigenvalue weighted by molar-refractivity contribution is 7.19. The molecule has 0 spiro atoms. The van der Waals surface area contributed by atoms with Gasteiger partial charge in [0.15, 0.2) is 0 Å². The molecule has 0 amide bonds. The summed E-state index contributed by atoms with van der Waals surface area (Å²) >= 11 is 13.3. The molecule has 0 aliphatic heterocycles. The van der Waals surface area contributed by atoms with Gasteiger partial charge in [-0.05, 0) is 36.4 Å². The van der Waals surface area contributed by atoms with Crippen LogP contribution in [-0.2, 0) is 17.6 Å². The Morgan fingerprint density at radius 2 is 2.29 bits per heavy atom. The summed E-state index contributed by atoms with van der Waals surface area (Å²) in [5, 5.41) is 1.21. The van der Waals surface area contributed by atoms with Gasteiger partial charge >= 0.3 is 0 Å². The molecule has 17 heavy (non-hydrogen) atoms. The molecule has 0 radical (unpaired) electrons. The lowest BCUT2D eigenvalue weighted by Gasteiger charge is -2.18. The lowest BCUT2D eigenvalue weighted by molar-refractivity contribution is -0.115. The standard InChI is InChI=1S/C11H8Cl2N2OS/c12-9-8-6-2-1-5(10(13)16)3-7(6)17-11(8)15-4-14-9/h4-5H,1-3H2/t5-/m0/s1. The summed E-state index contributed by atoms with van der Waals surface area (Å²) in [5.74, 6) is -0.0658. The van der Waals surface area contributed by atoms with Gasteiger partial charge in [-0.25, -0.2) is 9.97 Å². The van der Waals surface area contributed by atoms with Crippen LogP contribution in [0.1, 0.15) is 16.9 Å². The van der Waals surface area contributed by atoms with E-state index in [4.69, 9.17) is 23.2 Å². The predicted octanol–water partition coefficient (Wildman–Crippen LogP) is 3.22. The van der Waals surface area contributed by atoms with Gasteiger partial charge in [-0.1, -0.05) is 11.6 Å². The number of aryl methyl sites for hydroxylation is 1. The molecule has 1 aliphatic rings. The summed E-state index contributed by atoms with van der Waals surface area (Å²) in [7, 11) is 0. The summed E-state index contributed by atoms with van der Waals surface area (Å²) < 4.78 is 0. The van der Waals surface area contributed by atoms with E-state index < -0.39 is 0 Å². The van der Waals surface area contributed by atoms with Crippen molar-refractivity contribution < 1.29 is 4.79 Å². The summed E-state index contributed by atoms with van der Waals surface area (Å²) in [4.78, 5) is 21.5. The molecule has 2 aromatic rings. The van der Waals surface area contributed by atoms with Gasteiger partial charge < -0.3 is 0 Å². The number of halogens is 2. The Bertz CT molecular complexity index is 611. The van der Waals surface area contributed by atoms with Gasteiger partial charge in [-0.3, -0.25) is 4.79 Å². The highest BCUT2D eigenvalue weighted by Gasteiger charge is 2.27. The summed E-state index contributed by atoms with van der Waals surface area (Å²) in [6.45, 7) is 0. The summed E-state index contributed by atoms with van der Waals surface area (Å²) in [6, 6.07) is 0. The van der Waals surface area contributed by atoms with Gasteiger partial charge in [0.1, 0.15) is 16.3 Å². The Hall–Kier alpha value is -0.710. The fraction of sp³-hybridized carbons (Fsp3) is 0.364. The minimum absolute atomic E-state index is 0.0658. The van der Waals surface area contributed by atoms with Crippen molar-refractivity contribution in [3.8, 4) is 0 Å². The van der Waals surface area contributed by atoms with Crippen LogP contribution in [0.5, 0.6) is 0 Å². The van der Waals surface area contributed by atoms with Gasteiger partial charge in [-0.2, -0.15) is 0 Å². The van der Waals surface area contributed by atoms with Crippen LogP contribution >= 0.6 is 34.5 Å². The highest BCUT2D eigenvalue weighted by atomic mass is 35.5. The van der Waals surface area contributed by atoms with Crippen LogP contribution in [0.4, 0.5) is 0 Å². The van der Waals surface area contributed by atoms with Crippen LogP contribution in [0.25, 0.3) is 10.2 Å². The van der Waals surface area contributed by atoms with Crippen molar-refractivity contribution in [1.82, 2.24) is 9.97 Å². The van der Waals surface area contributed by atoms with Crippen LogP contribution in [0.3, 0.4) is 0 Å². The van der Waals surface area contributed by atoms with Gasteiger partial charge in [-0.15, -0.1) is 11.3 Å². The van der Waals surface area contributed by atoms with Crippen LogP contribution < -0.4 is 0 Å². The van der Waals surface area contributed by atoms with Crippen LogP contribution in [-0.4, -0.2) is 15.2 Å². The van der Waals surface area contributed by atoms with Crippen molar-refractivity contribution in [2.24, 2.45) is 5.92 Å². The number of hydrogen-bond donors (Lipinski definition) is 0. The molecule has 1 aliphatic carbocycles. The third kappa shape index (κ3) is 1.84. The topological polar surface area (TPSA) is 42.9 Å². The van der Waals surface area contributed by atoms with E-state index in [9.17, 15) is 4.79 Å². The molecule has 0 saturated carbocycles. The number of fused-ring (bicyclic) bond motifs is 3. The first-order valence-electron chi connectivity index (χ1n) is 5.27. The van der Waals surface area contributed by atoms with Gasteiger partial charge in [0.05, 0.1) is 5.39 Å². The normalized spacial score (nSPS) is 19.3. The van der Waals surface area contributed by atoms with Crippen molar-refractivity contribution >= 4 is 50.0 Å². The molecular formula is C11H8Cl2N2OS. The number of rotatable bonds is 1. The second kappa shape index (κ2) is 4.19. The molecule has 0 bridgehead atoms. The van der Waals surface area contributed by atoms with E-state index in [0.717, 1.165) is 23.1 Å². The molecule has 88 valence electrons. The van der Waals surface area contributed by atoms with E-state index in [1.807, 2.05) is 0 Å². The zero-order chi connectivity index (χ0) is 12.0. The number of carbonyl (C=O) groups is 1. The van der Waals surface area contributed by atoms with Crippen LogP contribution in [0, 0.1) is 5.92 Å². The van der Waals surface area contributed by atoms with Crippen molar-refractivity contribution in [3.63, 3.8) is 0 Å². The highest BCUT2D eigenvalue weighted by Crippen LogP contribution is 2.39. The lowest BCUT2D eigenvalue weighted by Crippen LogP contribution is -2.17. The second-order valence-electron chi connectivity index (χ2n) is 4.09. The third-order valence-electron chi connectivity index (χ3n) is 3.12. The first-order chi connectivity index (χ1) is 8.16. The predicted molar refractivity (Wildman–Crippen MR) is 68.8 cm³/mol. The van der Waals surface area contributed by atoms with Gasteiger partial charge in [0.2, 0.25) is 5.24 Å². The van der Waals surface area contributed by atoms with E-state index in [-0.39, 0.29) is 11.2 Å². The molecule has 3 rings (SSSR count). The SMILES string of the molecule is O=C(Cl)[C@H]1CCc2c(sc3ncnc(Cl)c23)C1. The minimum Gasteiger partial charge on any atom is -0.281 e. The Balaban J connectivity index is 2.14. The zero-order valence-electron chi connectivity index (χ0n) is 8.74. The third-order valence-corrected chi connectivity index (χ3v) is 4.88. The summed E-state index contributed by atoms with van der Waals surface area (Å²) in [6.07, 6.45) is 3.78. The second-order valence-corrected chi connectivity index (χ2v) is 5.91. The van der Waals surface area contributed by atoms with E-state index in [1.165, 1.54) is 16.8 Å². The Morgan fingerprint density at radius 1 is 1.47 bits per heavy atom. The average molecular weight is 287 g/mol. The van der Waals surface area contributed by atoms with Crippen molar-refractivity contribution in [3.05, 3.63) is 21.9 Å². The molecular weight excluding hydrogens is 279 g/mol.